The Morgan fingerprint density at radius 1 is 0.905 bits per heavy atom. The molecule has 0 aliphatic carbocycles. The third-order valence-corrected chi connectivity index (χ3v) is 1.51. The fourth-order valence-electron chi connectivity index (χ4n) is 0.952. The van der Waals surface area contributed by atoms with Gasteiger partial charge in [0.25, 0.3) is 0 Å². The zero-order chi connectivity index (χ0) is 16.9. The molecule has 7 heteroatoms. The SMILES string of the molecule is CC(=O)[O-].CC(=O)[O-].CC(=O)[O-].Cc1cc(C)[c-](C)c1.[Ti+4]. The van der Waals surface area contributed by atoms with Crippen molar-refractivity contribution in [3.63, 3.8) is 0 Å². The van der Waals surface area contributed by atoms with Crippen LogP contribution in [0.25, 0.3) is 0 Å². The Morgan fingerprint density at radius 2 is 1.14 bits per heavy atom. The summed E-state index contributed by atoms with van der Waals surface area (Å²) in [6.45, 7) is 9.32. The molecule has 0 unspecified atom stereocenters. The van der Waals surface area contributed by atoms with E-state index in [4.69, 9.17) is 29.7 Å². The number of carboxylic acid groups (broad SMARTS) is 3. The molecule has 0 atom stereocenters. The first-order chi connectivity index (χ1) is 8.89. The molecule has 0 bridgehead atoms. The van der Waals surface area contributed by atoms with Gasteiger partial charge in [0.1, 0.15) is 0 Å². The molecule has 0 radical (unpaired) electrons. The Balaban J connectivity index is -0.0000000973. The first-order valence-corrected chi connectivity index (χ1v) is 5.63. The van der Waals surface area contributed by atoms with E-state index in [1.807, 2.05) is 0 Å². The molecule has 0 aromatic heterocycles. The second-order valence-corrected chi connectivity index (χ2v) is 3.87. The van der Waals surface area contributed by atoms with E-state index in [2.05, 4.69) is 32.9 Å². The van der Waals surface area contributed by atoms with Gasteiger partial charge in [-0.3, -0.25) is 0 Å². The molecular formula is C14H20O6Ti. The Morgan fingerprint density at radius 3 is 1.19 bits per heavy atom. The molecule has 1 aromatic carbocycles. The smallest absolute Gasteiger partial charge is 0.550 e. The normalized spacial score (nSPS) is 7.33. The summed E-state index contributed by atoms with van der Waals surface area (Å²) in [4.78, 5) is 26.7. The maximum Gasteiger partial charge on any atom is 4.00 e. The summed E-state index contributed by atoms with van der Waals surface area (Å²) in [5, 5.41) is 26.7. The van der Waals surface area contributed by atoms with Crippen LogP contribution in [0.4, 0.5) is 0 Å². The first kappa shape index (κ1) is 27.8. The van der Waals surface area contributed by atoms with Gasteiger partial charge in [0.05, 0.1) is 0 Å². The van der Waals surface area contributed by atoms with Crippen LogP contribution < -0.4 is 15.3 Å². The number of carboxylic acids is 3. The van der Waals surface area contributed by atoms with Crippen molar-refractivity contribution in [1.29, 1.82) is 0 Å². The van der Waals surface area contributed by atoms with Crippen LogP contribution in [0.15, 0.2) is 12.1 Å². The molecule has 6 nitrogen and oxygen atoms in total. The summed E-state index contributed by atoms with van der Waals surface area (Å²) in [6.07, 6.45) is 0. The van der Waals surface area contributed by atoms with Gasteiger partial charge in [-0.2, -0.15) is 17.2 Å². The Kier molecular flexibility index (Phi) is 21.8. The van der Waals surface area contributed by atoms with E-state index >= 15 is 0 Å². The molecular weight excluding hydrogens is 312 g/mol. The predicted molar refractivity (Wildman–Crippen MR) is 68.3 cm³/mol. The largest absolute Gasteiger partial charge is 4.00 e. The van der Waals surface area contributed by atoms with Crippen molar-refractivity contribution in [2.75, 3.05) is 0 Å². The number of carbonyl (C=O) groups excluding carboxylic acids is 3. The molecule has 0 aliphatic rings. The van der Waals surface area contributed by atoms with E-state index in [0.29, 0.717) is 0 Å². The number of carbonyl (C=O) groups is 3. The second-order valence-electron chi connectivity index (χ2n) is 3.87. The molecule has 0 saturated carbocycles. The van der Waals surface area contributed by atoms with Crippen LogP contribution in [0, 0.1) is 20.8 Å². The Labute approximate surface area is 140 Å². The first-order valence-electron chi connectivity index (χ1n) is 5.63. The molecule has 0 fully saturated rings. The summed E-state index contributed by atoms with van der Waals surface area (Å²) in [6, 6.07) is 4.41. The Bertz CT molecular complexity index is 363. The van der Waals surface area contributed by atoms with Crippen LogP contribution >= 0.6 is 0 Å². The van der Waals surface area contributed by atoms with Crippen molar-refractivity contribution >= 4 is 17.9 Å². The second kappa shape index (κ2) is 16.5. The van der Waals surface area contributed by atoms with Crippen LogP contribution in [-0.2, 0) is 36.1 Å². The van der Waals surface area contributed by atoms with Crippen molar-refractivity contribution in [1.82, 2.24) is 0 Å². The molecule has 0 saturated heterocycles. The molecule has 1 aromatic rings. The van der Waals surface area contributed by atoms with Gasteiger partial charge in [-0.15, -0.1) is 0 Å². The third kappa shape index (κ3) is 45.7. The van der Waals surface area contributed by atoms with Gasteiger partial charge >= 0.3 is 21.7 Å². The van der Waals surface area contributed by atoms with Crippen LogP contribution in [0.1, 0.15) is 37.5 Å². The fourth-order valence-corrected chi connectivity index (χ4v) is 0.952. The number of hydrogen-bond donors (Lipinski definition) is 0. The monoisotopic (exact) mass is 332 g/mol. The molecule has 21 heavy (non-hydrogen) atoms. The minimum atomic E-state index is -1.08. The number of aliphatic carboxylic acids is 3. The van der Waals surface area contributed by atoms with Crippen LogP contribution in [0.2, 0.25) is 0 Å². The Hall–Kier alpha value is -1.53. The van der Waals surface area contributed by atoms with Crippen molar-refractivity contribution in [3.8, 4) is 0 Å². The van der Waals surface area contributed by atoms with Crippen LogP contribution in [0.3, 0.4) is 0 Å². The molecule has 0 amide bonds. The zero-order valence-electron chi connectivity index (χ0n) is 13.1. The molecule has 116 valence electrons. The quantitative estimate of drug-likeness (QED) is 0.425. The van der Waals surface area contributed by atoms with E-state index in [0.717, 1.165) is 20.8 Å². The van der Waals surface area contributed by atoms with Crippen molar-refractivity contribution in [3.05, 3.63) is 28.8 Å². The van der Waals surface area contributed by atoms with Gasteiger partial charge in [0.2, 0.25) is 0 Å². The maximum absolute atomic E-state index is 8.89. The predicted octanol–water partition coefficient (Wildman–Crippen LogP) is -1.40. The van der Waals surface area contributed by atoms with Crippen molar-refractivity contribution in [2.24, 2.45) is 0 Å². The zero-order valence-corrected chi connectivity index (χ0v) is 14.7. The summed E-state index contributed by atoms with van der Waals surface area (Å²) in [5.41, 5.74) is 4.19. The number of hydrogen-bond acceptors (Lipinski definition) is 6. The summed E-state index contributed by atoms with van der Waals surface area (Å²) < 4.78 is 0. The number of rotatable bonds is 0. The molecule has 1 rings (SSSR count). The van der Waals surface area contributed by atoms with E-state index in [1.165, 1.54) is 16.7 Å². The maximum atomic E-state index is 8.89. The average Bonchev–Trinajstić information content (AvgIpc) is 2.40. The summed E-state index contributed by atoms with van der Waals surface area (Å²) in [7, 11) is 0. The molecule has 0 spiro atoms. The van der Waals surface area contributed by atoms with E-state index < -0.39 is 17.9 Å². The minimum absolute atomic E-state index is 0. The standard InChI is InChI=1S/C8H11.3C2H4O2.Ti/c1-6-4-7(2)8(3)5-6;3*1-2(3)4;/h4-5H,1-3H3;3*1H3,(H,3,4);/q-1;;;;+4/p-3. The van der Waals surface area contributed by atoms with E-state index in [1.54, 1.807) is 0 Å². The van der Waals surface area contributed by atoms with Crippen LogP contribution in [-0.4, -0.2) is 17.9 Å². The van der Waals surface area contributed by atoms with Gasteiger partial charge in [-0.1, -0.05) is 20.8 Å². The van der Waals surface area contributed by atoms with E-state index in [9.17, 15) is 0 Å². The van der Waals surface area contributed by atoms with Crippen molar-refractivity contribution in [2.45, 2.75) is 41.5 Å². The average molecular weight is 332 g/mol. The van der Waals surface area contributed by atoms with Gasteiger partial charge in [-0.05, 0) is 20.8 Å². The van der Waals surface area contributed by atoms with Crippen molar-refractivity contribution < 1.29 is 51.4 Å². The number of aryl methyl sites for hydroxylation is 3. The van der Waals surface area contributed by atoms with Gasteiger partial charge in [0, 0.05) is 17.9 Å². The molecule has 0 heterocycles. The van der Waals surface area contributed by atoms with Gasteiger partial charge in [-0.25, -0.2) is 11.6 Å². The van der Waals surface area contributed by atoms with Gasteiger partial charge < -0.3 is 29.7 Å². The fraction of sp³-hybridized carbons (Fsp3) is 0.429. The summed E-state index contributed by atoms with van der Waals surface area (Å²) in [5.74, 6) is -3.25. The molecule has 0 aliphatic heterocycles. The van der Waals surface area contributed by atoms with Gasteiger partial charge in [0.15, 0.2) is 0 Å². The molecule has 0 N–H and O–H groups in total. The third-order valence-electron chi connectivity index (χ3n) is 1.51. The topological polar surface area (TPSA) is 120 Å². The van der Waals surface area contributed by atoms with E-state index in [-0.39, 0.29) is 21.7 Å². The summed E-state index contributed by atoms with van der Waals surface area (Å²) >= 11 is 0. The minimum Gasteiger partial charge on any atom is -0.550 e. The van der Waals surface area contributed by atoms with Crippen LogP contribution in [0.5, 0.6) is 0 Å².